The summed E-state index contributed by atoms with van der Waals surface area (Å²) in [6.07, 6.45) is 3.43. The molecule has 0 unspecified atom stereocenters. The van der Waals surface area contributed by atoms with Crippen LogP contribution >= 0.6 is 0 Å². The van der Waals surface area contributed by atoms with Gasteiger partial charge in [0.1, 0.15) is 5.82 Å². The lowest BCUT2D eigenvalue weighted by atomic mass is 10.0. The maximum Gasteiger partial charge on any atom is 0.126 e. The second-order valence-corrected chi connectivity index (χ2v) is 5.05. The molecule has 0 radical (unpaired) electrons. The first-order chi connectivity index (χ1) is 9.23. The monoisotopic (exact) mass is 263 g/mol. The van der Waals surface area contributed by atoms with E-state index in [0.717, 1.165) is 37.8 Å². The summed E-state index contributed by atoms with van der Waals surface area (Å²) in [4.78, 5) is 4.66. The van der Waals surface area contributed by atoms with E-state index in [2.05, 4.69) is 55.4 Å². The van der Waals surface area contributed by atoms with E-state index in [9.17, 15) is 0 Å². The second kappa shape index (κ2) is 8.92. The van der Waals surface area contributed by atoms with Gasteiger partial charge in [0.15, 0.2) is 0 Å². The summed E-state index contributed by atoms with van der Waals surface area (Å²) in [6.45, 7) is 11.7. The predicted octanol–water partition coefficient (Wildman–Crippen LogP) is 3.60. The van der Waals surface area contributed by atoms with Crippen LogP contribution in [-0.2, 0) is 13.0 Å². The van der Waals surface area contributed by atoms with Gasteiger partial charge in [-0.2, -0.15) is 0 Å². The quantitative estimate of drug-likeness (QED) is 0.715. The molecule has 3 heteroatoms. The summed E-state index contributed by atoms with van der Waals surface area (Å²) in [5, 5.41) is 6.87. The molecule has 1 rings (SSSR count). The summed E-state index contributed by atoms with van der Waals surface area (Å²) in [6, 6.07) is 4.37. The molecular formula is C16H29N3. The van der Waals surface area contributed by atoms with Crippen molar-refractivity contribution in [3.63, 3.8) is 0 Å². The van der Waals surface area contributed by atoms with Crippen LogP contribution in [0.3, 0.4) is 0 Å². The van der Waals surface area contributed by atoms with Gasteiger partial charge in [-0.1, -0.05) is 40.5 Å². The number of aromatic nitrogens is 1. The Labute approximate surface area is 118 Å². The predicted molar refractivity (Wildman–Crippen MR) is 83.6 cm³/mol. The highest BCUT2D eigenvalue weighted by atomic mass is 15.0. The van der Waals surface area contributed by atoms with E-state index in [4.69, 9.17) is 0 Å². The minimum atomic E-state index is 0.740. The molecule has 0 fully saturated rings. The van der Waals surface area contributed by atoms with E-state index in [1.165, 1.54) is 24.1 Å². The van der Waals surface area contributed by atoms with E-state index >= 15 is 0 Å². The van der Waals surface area contributed by atoms with Crippen LogP contribution in [0.5, 0.6) is 0 Å². The average molecular weight is 263 g/mol. The number of nitrogens with one attached hydrogen (secondary N) is 2. The Morgan fingerprint density at radius 2 is 1.84 bits per heavy atom. The number of anilines is 1. The summed E-state index contributed by atoms with van der Waals surface area (Å²) in [5.74, 6) is 1.77. The summed E-state index contributed by atoms with van der Waals surface area (Å²) < 4.78 is 0. The molecule has 0 saturated heterocycles. The second-order valence-electron chi connectivity index (χ2n) is 5.05. The normalized spacial score (nSPS) is 11.0. The van der Waals surface area contributed by atoms with E-state index < -0.39 is 0 Å². The first-order valence-corrected chi connectivity index (χ1v) is 7.67. The molecule has 3 nitrogen and oxygen atoms in total. The third-order valence-electron chi connectivity index (χ3n) is 3.61. The van der Waals surface area contributed by atoms with Gasteiger partial charge in [-0.15, -0.1) is 0 Å². The molecular weight excluding hydrogens is 234 g/mol. The Morgan fingerprint density at radius 1 is 1.11 bits per heavy atom. The van der Waals surface area contributed by atoms with Crippen LogP contribution in [-0.4, -0.2) is 18.1 Å². The third kappa shape index (κ3) is 5.60. The van der Waals surface area contributed by atoms with Crippen molar-refractivity contribution in [1.82, 2.24) is 10.3 Å². The average Bonchev–Trinajstić information content (AvgIpc) is 2.46. The molecule has 0 bridgehead atoms. The third-order valence-corrected chi connectivity index (χ3v) is 3.61. The molecule has 1 aromatic rings. The highest BCUT2D eigenvalue weighted by Crippen LogP contribution is 2.14. The smallest absolute Gasteiger partial charge is 0.126 e. The van der Waals surface area contributed by atoms with Gasteiger partial charge in [-0.05, 0) is 36.6 Å². The van der Waals surface area contributed by atoms with Crippen LogP contribution in [0.15, 0.2) is 12.1 Å². The van der Waals surface area contributed by atoms with Crippen LogP contribution in [0, 0.1) is 5.92 Å². The number of aryl methyl sites for hydroxylation is 1. The van der Waals surface area contributed by atoms with E-state index in [0.29, 0.717) is 0 Å². The van der Waals surface area contributed by atoms with Gasteiger partial charge >= 0.3 is 0 Å². The highest BCUT2D eigenvalue weighted by Gasteiger charge is 2.05. The lowest BCUT2D eigenvalue weighted by Gasteiger charge is -2.15. The molecule has 0 atom stereocenters. The Kier molecular flexibility index (Phi) is 7.49. The molecule has 0 aromatic carbocycles. The van der Waals surface area contributed by atoms with Gasteiger partial charge in [-0.25, -0.2) is 4.98 Å². The Hall–Kier alpha value is -1.09. The van der Waals surface area contributed by atoms with Crippen LogP contribution in [0.25, 0.3) is 0 Å². The van der Waals surface area contributed by atoms with Gasteiger partial charge in [0.25, 0.3) is 0 Å². The van der Waals surface area contributed by atoms with Crippen molar-refractivity contribution < 1.29 is 0 Å². The number of hydrogen-bond acceptors (Lipinski definition) is 3. The maximum atomic E-state index is 4.66. The van der Waals surface area contributed by atoms with Crippen molar-refractivity contribution in [3.8, 4) is 0 Å². The lowest BCUT2D eigenvalue weighted by Crippen LogP contribution is -2.16. The zero-order chi connectivity index (χ0) is 14.1. The zero-order valence-electron chi connectivity index (χ0n) is 12.9. The van der Waals surface area contributed by atoms with Gasteiger partial charge in [0.05, 0.1) is 0 Å². The van der Waals surface area contributed by atoms with Crippen LogP contribution in [0.1, 0.15) is 51.8 Å². The van der Waals surface area contributed by atoms with Crippen molar-refractivity contribution in [2.24, 2.45) is 5.92 Å². The molecule has 0 aliphatic carbocycles. The van der Waals surface area contributed by atoms with Crippen molar-refractivity contribution in [3.05, 3.63) is 23.4 Å². The zero-order valence-corrected chi connectivity index (χ0v) is 12.9. The van der Waals surface area contributed by atoms with E-state index in [1.54, 1.807) is 0 Å². The standard InChI is InChI=1S/C16H29N3/c1-5-13(6-2)12-18-16-10-14(11-17-8-4)9-15(7-3)19-16/h9-10,13,17H,5-8,11-12H2,1-4H3,(H,18,19). The molecule has 0 amide bonds. The van der Waals surface area contributed by atoms with Gasteiger partial charge in [0, 0.05) is 18.8 Å². The maximum absolute atomic E-state index is 4.66. The Bertz CT molecular complexity index is 359. The SMILES string of the molecule is CCNCc1cc(CC)nc(NCC(CC)CC)c1. The van der Waals surface area contributed by atoms with Gasteiger partial charge < -0.3 is 10.6 Å². The summed E-state index contributed by atoms with van der Waals surface area (Å²) in [7, 11) is 0. The first-order valence-electron chi connectivity index (χ1n) is 7.67. The molecule has 1 aromatic heterocycles. The Balaban J connectivity index is 2.70. The summed E-state index contributed by atoms with van der Waals surface area (Å²) in [5.41, 5.74) is 2.49. The molecule has 0 aliphatic heterocycles. The largest absolute Gasteiger partial charge is 0.370 e. The summed E-state index contributed by atoms with van der Waals surface area (Å²) >= 11 is 0. The fourth-order valence-corrected chi connectivity index (χ4v) is 2.12. The molecule has 0 aliphatic rings. The molecule has 0 spiro atoms. The number of pyridine rings is 1. The first kappa shape index (κ1) is 16.0. The van der Waals surface area contributed by atoms with Crippen LogP contribution in [0.2, 0.25) is 0 Å². The van der Waals surface area contributed by atoms with Crippen molar-refractivity contribution >= 4 is 5.82 Å². The molecule has 1 heterocycles. The lowest BCUT2D eigenvalue weighted by molar-refractivity contribution is 0.518. The van der Waals surface area contributed by atoms with Gasteiger partial charge in [-0.3, -0.25) is 0 Å². The van der Waals surface area contributed by atoms with Crippen LogP contribution < -0.4 is 10.6 Å². The van der Waals surface area contributed by atoms with E-state index in [-0.39, 0.29) is 0 Å². The highest BCUT2D eigenvalue weighted by molar-refractivity contribution is 5.39. The van der Waals surface area contributed by atoms with Gasteiger partial charge in [0.2, 0.25) is 0 Å². The van der Waals surface area contributed by atoms with E-state index in [1.807, 2.05) is 0 Å². The molecule has 108 valence electrons. The topological polar surface area (TPSA) is 37.0 Å². The number of hydrogen-bond donors (Lipinski definition) is 2. The fraction of sp³-hybridized carbons (Fsp3) is 0.688. The van der Waals surface area contributed by atoms with Crippen LogP contribution in [0.4, 0.5) is 5.82 Å². The molecule has 19 heavy (non-hydrogen) atoms. The molecule has 0 saturated carbocycles. The Morgan fingerprint density at radius 3 is 2.42 bits per heavy atom. The van der Waals surface area contributed by atoms with Crippen molar-refractivity contribution in [1.29, 1.82) is 0 Å². The molecule has 2 N–H and O–H groups in total. The minimum Gasteiger partial charge on any atom is -0.370 e. The number of nitrogens with zero attached hydrogens (tertiary/aromatic N) is 1. The number of rotatable bonds is 9. The minimum absolute atomic E-state index is 0.740. The van der Waals surface area contributed by atoms with Crippen molar-refractivity contribution in [2.45, 2.75) is 53.5 Å². The fourth-order valence-electron chi connectivity index (χ4n) is 2.12. The van der Waals surface area contributed by atoms with Crippen molar-refractivity contribution in [2.75, 3.05) is 18.4 Å².